The number of piperidine rings is 1. The first-order chi connectivity index (χ1) is 14.6. The number of rotatable bonds is 7. The number of esters is 1. The third kappa shape index (κ3) is 4.59. The van der Waals surface area contributed by atoms with Gasteiger partial charge in [-0.3, -0.25) is 9.69 Å². The normalized spacial score (nSPS) is 26.0. The SMILES string of the molecule is CCc1ccc(C2CC3CCC(C2C(=O)OCCCc2ccccc2)N3C)cc1I. The summed E-state index contributed by atoms with van der Waals surface area (Å²) in [6, 6.07) is 18.1. The molecule has 160 valence electrons. The summed E-state index contributed by atoms with van der Waals surface area (Å²) in [6.07, 6.45) is 6.22. The van der Waals surface area contributed by atoms with Gasteiger partial charge in [-0.15, -0.1) is 0 Å². The lowest BCUT2D eigenvalue weighted by atomic mass is 9.76. The Morgan fingerprint density at radius 1 is 1.17 bits per heavy atom. The Hall–Kier alpha value is -1.40. The lowest BCUT2D eigenvalue weighted by Gasteiger charge is -2.42. The average molecular weight is 517 g/mol. The molecule has 2 bridgehead atoms. The second kappa shape index (κ2) is 9.82. The van der Waals surface area contributed by atoms with Gasteiger partial charge in [0, 0.05) is 21.6 Å². The topological polar surface area (TPSA) is 29.5 Å². The van der Waals surface area contributed by atoms with Crippen molar-refractivity contribution in [3.63, 3.8) is 0 Å². The summed E-state index contributed by atoms with van der Waals surface area (Å²) in [5.74, 6) is 0.202. The molecule has 0 aliphatic carbocycles. The Morgan fingerprint density at radius 3 is 2.70 bits per heavy atom. The predicted molar refractivity (Wildman–Crippen MR) is 130 cm³/mol. The number of nitrogens with zero attached hydrogens (tertiary/aromatic N) is 1. The van der Waals surface area contributed by atoms with Gasteiger partial charge in [-0.05, 0) is 90.9 Å². The smallest absolute Gasteiger partial charge is 0.311 e. The maximum Gasteiger partial charge on any atom is 0.311 e. The van der Waals surface area contributed by atoms with Crippen LogP contribution in [0, 0.1) is 9.49 Å². The van der Waals surface area contributed by atoms with E-state index in [1.807, 2.05) is 6.07 Å². The molecule has 2 aliphatic rings. The zero-order valence-corrected chi connectivity index (χ0v) is 20.2. The first-order valence-electron chi connectivity index (χ1n) is 11.3. The fourth-order valence-corrected chi connectivity index (χ4v) is 6.32. The van der Waals surface area contributed by atoms with E-state index < -0.39 is 0 Å². The molecule has 0 amide bonds. The van der Waals surface area contributed by atoms with Gasteiger partial charge in [-0.1, -0.05) is 49.4 Å². The molecule has 0 saturated carbocycles. The minimum atomic E-state index is -0.0613. The number of carbonyl (C=O) groups excluding carboxylic acids is 1. The number of hydrogen-bond donors (Lipinski definition) is 0. The van der Waals surface area contributed by atoms with Gasteiger partial charge in [0.1, 0.15) is 0 Å². The van der Waals surface area contributed by atoms with Crippen LogP contribution in [0.25, 0.3) is 0 Å². The van der Waals surface area contributed by atoms with E-state index >= 15 is 0 Å². The Labute approximate surface area is 194 Å². The van der Waals surface area contributed by atoms with Crippen molar-refractivity contribution in [1.29, 1.82) is 0 Å². The van der Waals surface area contributed by atoms with Crippen LogP contribution in [0.4, 0.5) is 0 Å². The van der Waals surface area contributed by atoms with E-state index in [1.165, 1.54) is 26.7 Å². The molecule has 0 radical (unpaired) electrons. The zero-order chi connectivity index (χ0) is 21.1. The van der Waals surface area contributed by atoms with E-state index in [1.54, 1.807) is 0 Å². The number of ether oxygens (including phenoxy) is 1. The van der Waals surface area contributed by atoms with Gasteiger partial charge in [0.15, 0.2) is 0 Å². The van der Waals surface area contributed by atoms with Crippen molar-refractivity contribution in [3.05, 3.63) is 68.8 Å². The predicted octanol–water partition coefficient (Wildman–Crippen LogP) is 5.60. The van der Waals surface area contributed by atoms with E-state index in [0.29, 0.717) is 18.7 Å². The first-order valence-corrected chi connectivity index (χ1v) is 12.4. The molecule has 4 heteroatoms. The Bertz CT molecular complexity index is 869. The molecule has 2 heterocycles. The summed E-state index contributed by atoms with van der Waals surface area (Å²) in [5, 5.41) is 0. The number of halogens is 1. The molecule has 4 unspecified atom stereocenters. The Kier molecular flexibility index (Phi) is 7.14. The van der Waals surface area contributed by atoms with Crippen LogP contribution in [0.3, 0.4) is 0 Å². The highest BCUT2D eigenvalue weighted by atomic mass is 127. The summed E-state index contributed by atoms with van der Waals surface area (Å²) in [6.45, 7) is 2.70. The standard InChI is InChI=1S/C26H32INO2/c1-3-19-11-12-20(16-23(19)27)22-17-21-13-14-24(28(21)2)25(22)26(29)30-15-7-10-18-8-5-4-6-9-18/h4-6,8-9,11-12,16,21-22,24-25H,3,7,10,13-15,17H2,1-2H3. The van der Waals surface area contributed by atoms with Crippen molar-refractivity contribution in [3.8, 4) is 0 Å². The maximum absolute atomic E-state index is 13.3. The largest absolute Gasteiger partial charge is 0.465 e. The van der Waals surface area contributed by atoms with E-state index in [9.17, 15) is 4.79 Å². The number of carbonyl (C=O) groups is 1. The number of aryl methyl sites for hydroxylation is 2. The van der Waals surface area contributed by atoms with Crippen LogP contribution < -0.4 is 0 Å². The molecule has 0 spiro atoms. The molecule has 2 aliphatic heterocycles. The summed E-state index contributed by atoms with van der Waals surface area (Å²) in [4.78, 5) is 15.7. The van der Waals surface area contributed by atoms with E-state index in [4.69, 9.17) is 4.74 Å². The van der Waals surface area contributed by atoms with Gasteiger partial charge in [-0.25, -0.2) is 0 Å². The molecule has 2 fully saturated rings. The molecule has 0 aromatic heterocycles. The Morgan fingerprint density at radius 2 is 1.97 bits per heavy atom. The van der Waals surface area contributed by atoms with E-state index in [-0.39, 0.29) is 17.8 Å². The van der Waals surface area contributed by atoms with Gasteiger partial charge in [0.05, 0.1) is 12.5 Å². The second-order valence-corrected chi connectivity index (χ2v) is 9.96. The van der Waals surface area contributed by atoms with E-state index in [0.717, 1.165) is 32.1 Å². The van der Waals surface area contributed by atoms with Crippen molar-refractivity contribution in [2.75, 3.05) is 13.7 Å². The van der Waals surface area contributed by atoms with E-state index in [2.05, 4.69) is 83.9 Å². The number of fused-ring (bicyclic) bond motifs is 2. The maximum atomic E-state index is 13.3. The van der Waals surface area contributed by atoms with Crippen molar-refractivity contribution in [1.82, 2.24) is 4.90 Å². The fraction of sp³-hybridized carbons (Fsp3) is 0.500. The second-order valence-electron chi connectivity index (χ2n) is 8.79. The van der Waals surface area contributed by atoms with Crippen LogP contribution in [0.5, 0.6) is 0 Å². The highest BCUT2D eigenvalue weighted by Crippen LogP contribution is 2.47. The lowest BCUT2D eigenvalue weighted by Crippen LogP contribution is -2.49. The van der Waals surface area contributed by atoms with Crippen molar-refractivity contribution >= 4 is 28.6 Å². The molecule has 2 aromatic carbocycles. The van der Waals surface area contributed by atoms with Crippen molar-refractivity contribution < 1.29 is 9.53 Å². The van der Waals surface area contributed by atoms with Crippen LogP contribution >= 0.6 is 22.6 Å². The Balaban J connectivity index is 1.46. The summed E-state index contributed by atoms with van der Waals surface area (Å²) >= 11 is 2.44. The molecule has 2 saturated heterocycles. The summed E-state index contributed by atoms with van der Waals surface area (Å²) in [5.41, 5.74) is 4.00. The average Bonchev–Trinajstić information content (AvgIpc) is 2.99. The third-order valence-corrected chi connectivity index (χ3v) is 8.13. The first kappa shape index (κ1) is 21.8. The van der Waals surface area contributed by atoms with Crippen LogP contribution in [-0.2, 0) is 22.4 Å². The lowest BCUT2D eigenvalue weighted by molar-refractivity contribution is -0.153. The molecule has 30 heavy (non-hydrogen) atoms. The molecule has 2 aromatic rings. The summed E-state index contributed by atoms with van der Waals surface area (Å²) in [7, 11) is 2.19. The minimum absolute atomic E-state index is 0.000150. The van der Waals surface area contributed by atoms with Crippen molar-refractivity contribution in [2.45, 2.75) is 63.5 Å². The molecule has 4 atom stereocenters. The molecule has 0 N–H and O–H groups in total. The highest BCUT2D eigenvalue weighted by Gasteiger charge is 2.49. The fourth-order valence-electron chi connectivity index (χ4n) is 5.40. The molecular weight excluding hydrogens is 485 g/mol. The van der Waals surface area contributed by atoms with Gasteiger partial charge in [-0.2, -0.15) is 0 Å². The highest BCUT2D eigenvalue weighted by molar-refractivity contribution is 14.1. The van der Waals surface area contributed by atoms with Crippen molar-refractivity contribution in [2.24, 2.45) is 5.92 Å². The summed E-state index contributed by atoms with van der Waals surface area (Å²) < 4.78 is 7.18. The quantitative estimate of drug-likeness (QED) is 0.272. The van der Waals surface area contributed by atoms with Gasteiger partial charge in [0.25, 0.3) is 0 Å². The van der Waals surface area contributed by atoms with Crippen LogP contribution in [0.15, 0.2) is 48.5 Å². The number of benzene rings is 2. The third-order valence-electron chi connectivity index (χ3n) is 7.12. The van der Waals surface area contributed by atoms with Crippen LogP contribution in [-0.4, -0.2) is 36.6 Å². The zero-order valence-electron chi connectivity index (χ0n) is 18.0. The molecule has 3 nitrogen and oxygen atoms in total. The van der Waals surface area contributed by atoms with Crippen LogP contribution in [0.2, 0.25) is 0 Å². The molecular formula is C26H32INO2. The number of hydrogen-bond acceptors (Lipinski definition) is 3. The van der Waals surface area contributed by atoms with Crippen LogP contribution in [0.1, 0.15) is 55.2 Å². The van der Waals surface area contributed by atoms with Gasteiger partial charge >= 0.3 is 5.97 Å². The minimum Gasteiger partial charge on any atom is -0.465 e. The molecule has 4 rings (SSSR count). The van der Waals surface area contributed by atoms with Gasteiger partial charge < -0.3 is 4.74 Å². The monoisotopic (exact) mass is 517 g/mol. The van der Waals surface area contributed by atoms with Gasteiger partial charge in [0.2, 0.25) is 0 Å².